The number of alkyl halides is 3. The minimum atomic E-state index is -4.41. The Morgan fingerprint density at radius 3 is 2.53 bits per heavy atom. The van der Waals surface area contributed by atoms with Gasteiger partial charge >= 0.3 is 12.3 Å². The Bertz CT molecular complexity index is 816. The number of pyridine rings is 1. The zero-order valence-corrected chi connectivity index (χ0v) is 18.6. The molecule has 2 amide bonds. The lowest BCUT2D eigenvalue weighted by Crippen LogP contribution is -2.44. The van der Waals surface area contributed by atoms with Gasteiger partial charge in [0, 0.05) is 49.8 Å². The van der Waals surface area contributed by atoms with Crippen molar-refractivity contribution in [3.8, 4) is 0 Å². The molecule has 1 aromatic rings. The van der Waals surface area contributed by atoms with Gasteiger partial charge in [-0.1, -0.05) is 0 Å². The lowest BCUT2D eigenvalue weighted by Gasteiger charge is -2.30. The molecular weight excluding hydrogens is 425 g/mol. The number of carboxylic acid groups (broad SMARTS) is 1. The van der Waals surface area contributed by atoms with E-state index in [-0.39, 0.29) is 36.4 Å². The SMILES string of the molecule is CC(C)N(C(=O)O)C(C)CCC(=O)N[C@H]1CC[C@@H]2CN(c3ccc(C(F)(F)F)cn3)C[C@@H]21. The van der Waals surface area contributed by atoms with E-state index in [1.807, 2.05) is 4.90 Å². The van der Waals surface area contributed by atoms with E-state index in [0.29, 0.717) is 31.2 Å². The Kier molecular flexibility index (Phi) is 7.19. The van der Waals surface area contributed by atoms with Crippen LogP contribution in [0.1, 0.15) is 52.0 Å². The molecule has 2 heterocycles. The maximum Gasteiger partial charge on any atom is 0.417 e. The van der Waals surface area contributed by atoms with Crippen LogP contribution in [0.3, 0.4) is 0 Å². The molecule has 3 rings (SSSR count). The van der Waals surface area contributed by atoms with E-state index >= 15 is 0 Å². The largest absolute Gasteiger partial charge is 0.465 e. The highest BCUT2D eigenvalue weighted by Gasteiger charge is 2.43. The van der Waals surface area contributed by atoms with Crippen LogP contribution in [0.25, 0.3) is 0 Å². The third-order valence-electron chi connectivity index (χ3n) is 6.64. The van der Waals surface area contributed by atoms with Crippen LogP contribution in [0.4, 0.5) is 23.8 Å². The second kappa shape index (κ2) is 9.54. The van der Waals surface area contributed by atoms with Crippen LogP contribution in [0.2, 0.25) is 0 Å². The molecule has 1 saturated carbocycles. The number of hydrogen-bond donors (Lipinski definition) is 2. The zero-order valence-electron chi connectivity index (χ0n) is 18.6. The van der Waals surface area contributed by atoms with Gasteiger partial charge < -0.3 is 20.2 Å². The van der Waals surface area contributed by atoms with Gasteiger partial charge in [-0.3, -0.25) is 4.79 Å². The number of hydrogen-bond acceptors (Lipinski definition) is 4. The second-order valence-electron chi connectivity index (χ2n) is 9.15. The van der Waals surface area contributed by atoms with Crippen molar-refractivity contribution >= 4 is 17.8 Å². The van der Waals surface area contributed by atoms with Crippen LogP contribution >= 0.6 is 0 Å². The van der Waals surface area contributed by atoms with Crippen LogP contribution in [0, 0.1) is 11.8 Å². The predicted molar refractivity (Wildman–Crippen MR) is 113 cm³/mol. The number of rotatable bonds is 7. The first-order chi connectivity index (χ1) is 15.0. The number of carbonyl (C=O) groups is 2. The van der Waals surface area contributed by atoms with E-state index in [4.69, 9.17) is 0 Å². The number of fused-ring (bicyclic) bond motifs is 1. The summed E-state index contributed by atoms with van der Waals surface area (Å²) in [5.74, 6) is 1.02. The van der Waals surface area contributed by atoms with Gasteiger partial charge in [0.1, 0.15) is 5.82 Å². The molecule has 178 valence electrons. The third kappa shape index (κ3) is 5.45. The molecule has 2 N–H and O–H groups in total. The summed E-state index contributed by atoms with van der Waals surface area (Å²) >= 11 is 0. The minimum absolute atomic E-state index is 0.0166. The van der Waals surface area contributed by atoms with Crippen molar-refractivity contribution in [2.24, 2.45) is 11.8 Å². The molecule has 7 nitrogen and oxygen atoms in total. The molecule has 1 aliphatic heterocycles. The van der Waals surface area contributed by atoms with E-state index < -0.39 is 17.8 Å². The molecule has 10 heteroatoms. The first-order valence-electron chi connectivity index (χ1n) is 11.1. The van der Waals surface area contributed by atoms with E-state index in [9.17, 15) is 27.9 Å². The van der Waals surface area contributed by atoms with Gasteiger partial charge in [0.05, 0.1) is 5.56 Å². The van der Waals surface area contributed by atoms with Gasteiger partial charge in [-0.25, -0.2) is 9.78 Å². The first-order valence-corrected chi connectivity index (χ1v) is 11.1. The minimum Gasteiger partial charge on any atom is -0.465 e. The lowest BCUT2D eigenvalue weighted by molar-refractivity contribution is -0.137. The predicted octanol–water partition coefficient (Wildman–Crippen LogP) is 3.99. The van der Waals surface area contributed by atoms with E-state index in [1.54, 1.807) is 20.8 Å². The number of anilines is 1. The molecule has 0 radical (unpaired) electrons. The maximum atomic E-state index is 12.8. The Morgan fingerprint density at radius 1 is 1.25 bits per heavy atom. The number of carbonyl (C=O) groups excluding carboxylic acids is 1. The summed E-state index contributed by atoms with van der Waals surface area (Å²) in [4.78, 5) is 31.3. The Hall–Kier alpha value is -2.52. The second-order valence-corrected chi connectivity index (χ2v) is 9.15. The maximum absolute atomic E-state index is 12.8. The summed E-state index contributed by atoms with van der Waals surface area (Å²) in [5, 5.41) is 12.4. The molecular formula is C22H31F3N4O3. The summed E-state index contributed by atoms with van der Waals surface area (Å²) in [5.41, 5.74) is -0.765. The fourth-order valence-corrected chi connectivity index (χ4v) is 5.05. The van der Waals surface area contributed by atoms with Crippen molar-refractivity contribution in [1.29, 1.82) is 0 Å². The molecule has 32 heavy (non-hydrogen) atoms. The Morgan fingerprint density at radius 2 is 1.97 bits per heavy atom. The van der Waals surface area contributed by atoms with Crippen molar-refractivity contribution in [3.05, 3.63) is 23.9 Å². The quantitative estimate of drug-likeness (QED) is 0.648. The van der Waals surface area contributed by atoms with Gasteiger partial charge in [-0.05, 0) is 58.1 Å². The van der Waals surface area contributed by atoms with Crippen molar-refractivity contribution in [2.75, 3.05) is 18.0 Å². The van der Waals surface area contributed by atoms with Gasteiger partial charge in [0.2, 0.25) is 5.91 Å². The summed E-state index contributed by atoms with van der Waals surface area (Å²) in [6, 6.07) is 2.05. The van der Waals surface area contributed by atoms with Crippen molar-refractivity contribution in [2.45, 2.75) is 70.8 Å². The number of nitrogens with zero attached hydrogens (tertiary/aromatic N) is 3. The molecule has 1 aromatic heterocycles. The van der Waals surface area contributed by atoms with Crippen LogP contribution in [0.5, 0.6) is 0 Å². The molecule has 2 aliphatic rings. The molecule has 1 aliphatic carbocycles. The third-order valence-corrected chi connectivity index (χ3v) is 6.64. The highest BCUT2D eigenvalue weighted by Crippen LogP contribution is 2.40. The lowest BCUT2D eigenvalue weighted by atomic mass is 9.97. The Labute approximate surface area is 186 Å². The van der Waals surface area contributed by atoms with Crippen molar-refractivity contribution in [1.82, 2.24) is 15.2 Å². The van der Waals surface area contributed by atoms with Gasteiger partial charge in [-0.2, -0.15) is 13.2 Å². The van der Waals surface area contributed by atoms with Crippen LogP contribution in [-0.4, -0.2) is 58.2 Å². The van der Waals surface area contributed by atoms with Crippen molar-refractivity contribution in [3.63, 3.8) is 0 Å². The normalized spacial score (nSPS) is 23.8. The topological polar surface area (TPSA) is 85.8 Å². The number of amides is 2. The van der Waals surface area contributed by atoms with Crippen molar-refractivity contribution < 1.29 is 27.9 Å². The first kappa shape index (κ1) is 24.1. The van der Waals surface area contributed by atoms with Crippen LogP contribution in [-0.2, 0) is 11.0 Å². The molecule has 2 fully saturated rings. The van der Waals surface area contributed by atoms with Gasteiger partial charge in [-0.15, -0.1) is 0 Å². The summed E-state index contributed by atoms with van der Waals surface area (Å²) in [7, 11) is 0. The summed E-state index contributed by atoms with van der Waals surface area (Å²) in [6.07, 6.45) is -2.03. The van der Waals surface area contributed by atoms with Crippen LogP contribution in [0.15, 0.2) is 18.3 Å². The number of halogens is 3. The fraction of sp³-hybridized carbons (Fsp3) is 0.682. The van der Waals surface area contributed by atoms with E-state index in [1.165, 1.54) is 11.0 Å². The molecule has 0 spiro atoms. The highest BCUT2D eigenvalue weighted by molar-refractivity contribution is 5.76. The average molecular weight is 457 g/mol. The fourth-order valence-electron chi connectivity index (χ4n) is 5.05. The van der Waals surface area contributed by atoms with E-state index in [0.717, 1.165) is 25.1 Å². The highest BCUT2D eigenvalue weighted by atomic mass is 19.4. The molecule has 1 unspecified atom stereocenters. The smallest absolute Gasteiger partial charge is 0.417 e. The molecule has 4 atom stereocenters. The Balaban J connectivity index is 1.52. The van der Waals surface area contributed by atoms with Gasteiger partial charge in [0.15, 0.2) is 0 Å². The summed E-state index contributed by atoms with van der Waals surface area (Å²) < 4.78 is 38.3. The van der Waals surface area contributed by atoms with E-state index in [2.05, 4.69) is 10.3 Å². The standard InChI is InChI=1S/C22H31F3N4O3/c1-13(2)29(21(31)32)14(3)4-9-20(30)27-18-7-5-15-11-28(12-17(15)18)19-8-6-16(10-26-19)22(23,24)25/h6,8,10,13-15,17-18H,4-5,7,9,11-12H2,1-3H3,(H,27,30)(H,31,32)/t14?,15-,17+,18+/m1/s1. The average Bonchev–Trinajstić information content (AvgIpc) is 3.27. The van der Waals surface area contributed by atoms with Gasteiger partial charge in [0.25, 0.3) is 0 Å². The van der Waals surface area contributed by atoms with Crippen LogP contribution < -0.4 is 10.2 Å². The molecule has 0 bridgehead atoms. The molecule has 0 aromatic carbocycles. The molecule has 1 saturated heterocycles. The monoisotopic (exact) mass is 456 g/mol. The number of aromatic nitrogens is 1. The summed E-state index contributed by atoms with van der Waals surface area (Å²) in [6.45, 7) is 6.78. The zero-order chi connectivity index (χ0) is 23.6. The number of nitrogens with one attached hydrogen (secondary N) is 1.